The highest BCUT2D eigenvalue weighted by molar-refractivity contribution is 5.95. The summed E-state index contributed by atoms with van der Waals surface area (Å²) in [7, 11) is 0. The fraction of sp³-hybridized carbons (Fsp3) is 0.0952. The first-order valence-electron chi connectivity index (χ1n) is 7.91. The van der Waals surface area contributed by atoms with Gasteiger partial charge in [-0.1, -0.05) is 60.7 Å². The van der Waals surface area contributed by atoms with Gasteiger partial charge in [0.1, 0.15) is 11.9 Å². The van der Waals surface area contributed by atoms with Crippen LogP contribution in [0, 0.1) is 5.82 Å². The molecule has 0 saturated carbocycles. The zero-order valence-corrected chi connectivity index (χ0v) is 13.0. The molecule has 0 N–H and O–H groups in total. The van der Waals surface area contributed by atoms with Crippen molar-refractivity contribution in [2.24, 2.45) is 4.99 Å². The van der Waals surface area contributed by atoms with Gasteiger partial charge in [0.15, 0.2) is 6.10 Å². The number of benzene rings is 3. The SMILES string of the molecule is Fc1ccc(C2=NC(c3ccccc3)C(c3ccccc3)O2)cc1. The standard InChI is InChI=1S/C21H16FNO/c22-18-13-11-17(12-14-18)21-23-19(15-7-3-1-4-8-15)20(24-21)16-9-5-2-6-10-16/h1-14,19-20H. The summed E-state index contributed by atoms with van der Waals surface area (Å²) in [5.74, 6) is 0.286. The van der Waals surface area contributed by atoms with E-state index in [4.69, 9.17) is 9.73 Å². The molecule has 0 spiro atoms. The van der Waals surface area contributed by atoms with E-state index in [0.717, 1.165) is 16.7 Å². The topological polar surface area (TPSA) is 21.6 Å². The van der Waals surface area contributed by atoms with Crippen LogP contribution in [-0.4, -0.2) is 5.90 Å². The quantitative estimate of drug-likeness (QED) is 0.660. The first kappa shape index (κ1) is 14.6. The number of hydrogen-bond acceptors (Lipinski definition) is 2. The number of halogens is 1. The summed E-state index contributed by atoms with van der Waals surface area (Å²) in [5, 5.41) is 0. The van der Waals surface area contributed by atoms with Gasteiger partial charge >= 0.3 is 0 Å². The molecule has 1 aliphatic heterocycles. The molecular formula is C21H16FNO. The Morgan fingerprint density at radius 1 is 0.708 bits per heavy atom. The molecule has 1 aliphatic rings. The Bertz CT molecular complexity index is 844. The fourth-order valence-corrected chi connectivity index (χ4v) is 2.94. The Morgan fingerprint density at radius 3 is 1.92 bits per heavy atom. The van der Waals surface area contributed by atoms with Crippen LogP contribution in [0.25, 0.3) is 0 Å². The van der Waals surface area contributed by atoms with Gasteiger partial charge in [-0.25, -0.2) is 9.38 Å². The van der Waals surface area contributed by atoms with Crippen LogP contribution in [0.3, 0.4) is 0 Å². The number of nitrogens with zero attached hydrogens (tertiary/aromatic N) is 1. The lowest BCUT2D eigenvalue weighted by molar-refractivity contribution is 0.197. The molecule has 0 fully saturated rings. The third-order valence-electron chi connectivity index (χ3n) is 4.14. The van der Waals surface area contributed by atoms with Crippen LogP contribution in [0.4, 0.5) is 4.39 Å². The maximum Gasteiger partial charge on any atom is 0.217 e. The van der Waals surface area contributed by atoms with E-state index in [2.05, 4.69) is 12.1 Å². The van der Waals surface area contributed by atoms with Gasteiger partial charge in [-0.2, -0.15) is 0 Å². The van der Waals surface area contributed by atoms with Crippen LogP contribution in [-0.2, 0) is 4.74 Å². The van der Waals surface area contributed by atoms with Crippen molar-refractivity contribution in [2.75, 3.05) is 0 Å². The molecular weight excluding hydrogens is 301 g/mol. The fourth-order valence-electron chi connectivity index (χ4n) is 2.94. The summed E-state index contributed by atoms with van der Waals surface area (Å²) in [5.41, 5.74) is 2.96. The van der Waals surface area contributed by atoms with Crippen LogP contribution >= 0.6 is 0 Å². The maximum absolute atomic E-state index is 13.2. The van der Waals surface area contributed by atoms with Crippen LogP contribution in [0.2, 0.25) is 0 Å². The van der Waals surface area contributed by atoms with Crippen molar-refractivity contribution in [1.82, 2.24) is 0 Å². The highest BCUT2D eigenvalue weighted by Gasteiger charge is 2.33. The van der Waals surface area contributed by atoms with E-state index in [0.29, 0.717) is 5.90 Å². The van der Waals surface area contributed by atoms with Crippen LogP contribution < -0.4 is 0 Å². The smallest absolute Gasteiger partial charge is 0.217 e. The second-order valence-electron chi connectivity index (χ2n) is 5.75. The van der Waals surface area contributed by atoms with Crippen molar-refractivity contribution in [1.29, 1.82) is 0 Å². The molecule has 2 nitrogen and oxygen atoms in total. The minimum Gasteiger partial charge on any atom is -0.467 e. The molecule has 0 saturated heterocycles. The zero-order chi connectivity index (χ0) is 16.4. The second kappa shape index (κ2) is 6.28. The van der Waals surface area contributed by atoms with Crippen LogP contribution in [0.1, 0.15) is 28.8 Å². The number of rotatable bonds is 3. The first-order valence-corrected chi connectivity index (χ1v) is 7.91. The average molecular weight is 317 g/mol. The van der Waals surface area contributed by atoms with Gasteiger partial charge in [-0.15, -0.1) is 0 Å². The molecule has 4 rings (SSSR count). The van der Waals surface area contributed by atoms with Gasteiger partial charge < -0.3 is 4.74 Å². The van der Waals surface area contributed by atoms with E-state index in [1.54, 1.807) is 12.1 Å². The predicted octanol–water partition coefficient (Wildman–Crippen LogP) is 5.09. The molecule has 1 heterocycles. The summed E-state index contributed by atoms with van der Waals surface area (Å²) in [6.45, 7) is 0. The van der Waals surface area contributed by atoms with Gasteiger partial charge in [-0.3, -0.25) is 0 Å². The Kier molecular flexibility index (Phi) is 3.83. The molecule has 0 amide bonds. The van der Waals surface area contributed by atoms with Crippen LogP contribution in [0.5, 0.6) is 0 Å². The van der Waals surface area contributed by atoms with Crippen molar-refractivity contribution >= 4 is 5.90 Å². The summed E-state index contributed by atoms with van der Waals surface area (Å²) in [6.07, 6.45) is -0.186. The molecule has 118 valence electrons. The lowest BCUT2D eigenvalue weighted by Crippen LogP contribution is -2.09. The minimum atomic E-state index is -0.267. The van der Waals surface area contributed by atoms with Gasteiger partial charge in [0, 0.05) is 5.56 Å². The normalized spacial score (nSPS) is 19.6. The monoisotopic (exact) mass is 317 g/mol. The molecule has 0 radical (unpaired) electrons. The minimum absolute atomic E-state index is 0.117. The van der Waals surface area contributed by atoms with E-state index in [1.165, 1.54) is 12.1 Å². The molecule has 0 aromatic heterocycles. The van der Waals surface area contributed by atoms with Gasteiger partial charge in [0.2, 0.25) is 5.90 Å². The molecule has 0 aliphatic carbocycles. The summed E-state index contributed by atoms with van der Waals surface area (Å²) in [6, 6.07) is 26.3. The largest absolute Gasteiger partial charge is 0.467 e. The van der Waals surface area contributed by atoms with Crippen LogP contribution in [0.15, 0.2) is 89.9 Å². The third-order valence-corrected chi connectivity index (χ3v) is 4.14. The van der Waals surface area contributed by atoms with Crippen molar-refractivity contribution < 1.29 is 9.13 Å². The highest BCUT2D eigenvalue weighted by atomic mass is 19.1. The van der Waals surface area contributed by atoms with E-state index in [-0.39, 0.29) is 18.0 Å². The molecule has 24 heavy (non-hydrogen) atoms. The van der Waals surface area contributed by atoms with E-state index in [9.17, 15) is 4.39 Å². The second-order valence-corrected chi connectivity index (χ2v) is 5.75. The lowest BCUT2D eigenvalue weighted by atomic mass is 9.97. The maximum atomic E-state index is 13.2. The third kappa shape index (κ3) is 2.81. The molecule has 0 bridgehead atoms. The number of ether oxygens (including phenoxy) is 1. The van der Waals surface area contributed by atoms with E-state index < -0.39 is 0 Å². The van der Waals surface area contributed by atoms with Gasteiger partial charge in [0.05, 0.1) is 0 Å². The van der Waals surface area contributed by atoms with Crippen molar-refractivity contribution in [2.45, 2.75) is 12.1 Å². The van der Waals surface area contributed by atoms with Crippen molar-refractivity contribution in [3.05, 3.63) is 107 Å². The Hall–Kier alpha value is -2.94. The Labute approximate surface area is 140 Å². The number of aliphatic imine (C=N–C) groups is 1. The van der Waals surface area contributed by atoms with Crippen molar-refractivity contribution in [3.63, 3.8) is 0 Å². The summed E-state index contributed by atoms with van der Waals surface area (Å²) < 4.78 is 19.3. The zero-order valence-electron chi connectivity index (χ0n) is 13.0. The Balaban J connectivity index is 1.74. The predicted molar refractivity (Wildman–Crippen MR) is 92.4 cm³/mol. The van der Waals surface area contributed by atoms with Gasteiger partial charge in [0.25, 0.3) is 0 Å². The van der Waals surface area contributed by atoms with Crippen molar-refractivity contribution in [3.8, 4) is 0 Å². The average Bonchev–Trinajstić information content (AvgIpc) is 3.09. The molecule has 3 heteroatoms. The molecule has 3 aromatic carbocycles. The van der Waals surface area contributed by atoms with E-state index in [1.807, 2.05) is 48.5 Å². The molecule has 2 atom stereocenters. The first-order chi connectivity index (χ1) is 11.8. The summed E-state index contributed by atoms with van der Waals surface area (Å²) >= 11 is 0. The lowest BCUT2D eigenvalue weighted by Gasteiger charge is -2.18. The number of hydrogen-bond donors (Lipinski definition) is 0. The highest BCUT2D eigenvalue weighted by Crippen LogP contribution is 2.40. The summed E-state index contributed by atoms with van der Waals surface area (Å²) in [4.78, 5) is 4.79. The molecule has 3 aromatic rings. The van der Waals surface area contributed by atoms with Gasteiger partial charge in [-0.05, 0) is 35.4 Å². The Morgan fingerprint density at radius 2 is 1.29 bits per heavy atom. The van der Waals surface area contributed by atoms with E-state index >= 15 is 0 Å². The molecule has 2 unspecified atom stereocenters.